The van der Waals surface area contributed by atoms with Gasteiger partial charge in [0.25, 0.3) is 6.43 Å². The molecule has 4 heteroatoms. The number of rotatable bonds is 4. The van der Waals surface area contributed by atoms with Crippen molar-refractivity contribution in [2.24, 2.45) is 0 Å². The molecule has 2 N–H and O–H groups in total. The van der Waals surface area contributed by atoms with Gasteiger partial charge in [-0.2, -0.15) is 0 Å². The molecule has 2 unspecified atom stereocenters. The van der Waals surface area contributed by atoms with Gasteiger partial charge in [-0.3, -0.25) is 0 Å². The fourth-order valence-electron chi connectivity index (χ4n) is 2.32. The third-order valence-corrected chi connectivity index (χ3v) is 3.23. The number of alkyl halides is 2. The molecule has 0 saturated heterocycles. The van der Waals surface area contributed by atoms with Gasteiger partial charge in [-0.25, -0.2) is 8.78 Å². The fourth-order valence-corrected chi connectivity index (χ4v) is 2.32. The van der Waals surface area contributed by atoms with E-state index in [0.717, 1.165) is 19.3 Å². The monoisotopic (exact) mass is 241 g/mol. The Kier molecular flexibility index (Phi) is 4.07. The molecule has 0 spiro atoms. The standard InChI is InChI=1S/C13H17F2NO/c14-13(15)12(17)8-16-11-7-3-5-9-4-1-2-6-10(9)11/h1-2,4,6,11-13,16-17H,3,5,7-8H2. The molecule has 2 atom stereocenters. The Bertz CT molecular complexity index is 370. The van der Waals surface area contributed by atoms with E-state index in [1.165, 1.54) is 11.1 Å². The van der Waals surface area contributed by atoms with Crippen molar-refractivity contribution in [3.8, 4) is 0 Å². The summed E-state index contributed by atoms with van der Waals surface area (Å²) in [6.07, 6.45) is -1.22. The second-order valence-electron chi connectivity index (χ2n) is 4.45. The van der Waals surface area contributed by atoms with Crippen molar-refractivity contribution in [2.45, 2.75) is 37.8 Å². The first-order valence-electron chi connectivity index (χ1n) is 5.96. The highest BCUT2D eigenvalue weighted by molar-refractivity contribution is 5.32. The number of nitrogens with one attached hydrogen (secondary N) is 1. The van der Waals surface area contributed by atoms with Gasteiger partial charge < -0.3 is 10.4 Å². The van der Waals surface area contributed by atoms with Crippen molar-refractivity contribution in [3.63, 3.8) is 0 Å². The van der Waals surface area contributed by atoms with Crippen LogP contribution in [0, 0.1) is 0 Å². The number of aliphatic hydroxyl groups is 1. The van der Waals surface area contributed by atoms with Crippen molar-refractivity contribution in [3.05, 3.63) is 35.4 Å². The van der Waals surface area contributed by atoms with Crippen LogP contribution in [0.15, 0.2) is 24.3 Å². The average molecular weight is 241 g/mol. The zero-order chi connectivity index (χ0) is 12.3. The highest BCUT2D eigenvalue weighted by atomic mass is 19.3. The average Bonchev–Trinajstić information content (AvgIpc) is 2.35. The third-order valence-electron chi connectivity index (χ3n) is 3.23. The van der Waals surface area contributed by atoms with Gasteiger partial charge in [-0.15, -0.1) is 0 Å². The molecular weight excluding hydrogens is 224 g/mol. The summed E-state index contributed by atoms with van der Waals surface area (Å²) in [5, 5.41) is 12.1. The van der Waals surface area contributed by atoms with Crippen LogP contribution >= 0.6 is 0 Å². The molecule has 2 nitrogen and oxygen atoms in total. The lowest BCUT2D eigenvalue weighted by Crippen LogP contribution is -2.35. The Morgan fingerprint density at radius 1 is 1.35 bits per heavy atom. The Balaban J connectivity index is 1.99. The molecule has 17 heavy (non-hydrogen) atoms. The van der Waals surface area contributed by atoms with Crippen LogP contribution in [-0.4, -0.2) is 24.2 Å². The summed E-state index contributed by atoms with van der Waals surface area (Å²) in [7, 11) is 0. The van der Waals surface area contributed by atoms with Crippen molar-refractivity contribution >= 4 is 0 Å². The molecule has 0 heterocycles. The van der Waals surface area contributed by atoms with E-state index >= 15 is 0 Å². The molecule has 0 fully saturated rings. The summed E-state index contributed by atoms with van der Waals surface area (Å²) in [4.78, 5) is 0. The van der Waals surface area contributed by atoms with Gasteiger partial charge in [0.05, 0.1) is 0 Å². The second kappa shape index (κ2) is 5.56. The van der Waals surface area contributed by atoms with E-state index in [4.69, 9.17) is 5.11 Å². The SMILES string of the molecule is OC(CNC1CCCc2ccccc21)C(F)F. The van der Waals surface area contributed by atoms with Crippen LogP contribution in [0.3, 0.4) is 0 Å². The zero-order valence-corrected chi connectivity index (χ0v) is 9.57. The first-order valence-corrected chi connectivity index (χ1v) is 5.96. The number of aryl methyl sites for hydroxylation is 1. The van der Waals surface area contributed by atoms with E-state index in [9.17, 15) is 8.78 Å². The molecule has 0 radical (unpaired) electrons. The highest BCUT2D eigenvalue weighted by Gasteiger charge is 2.22. The van der Waals surface area contributed by atoms with Gasteiger partial charge in [0.1, 0.15) is 6.10 Å². The quantitative estimate of drug-likeness (QED) is 0.847. The van der Waals surface area contributed by atoms with E-state index in [0.29, 0.717) is 0 Å². The Morgan fingerprint density at radius 2 is 2.12 bits per heavy atom. The van der Waals surface area contributed by atoms with Crippen LogP contribution < -0.4 is 5.32 Å². The van der Waals surface area contributed by atoms with Crippen molar-refractivity contribution in [2.75, 3.05) is 6.54 Å². The maximum Gasteiger partial charge on any atom is 0.265 e. The summed E-state index contributed by atoms with van der Waals surface area (Å²) in [6.45, 7) is -0.0589. The molecule has 0 aromatic heterocycles. The minimum atomic E-state index is -2.68. The van der Waals surface area contributed by atoms with Crippen LogP contribution in [0.25, 0.3) is 0 Å². The third kappa shape index (κ3) is 3.01. The molecule has 1 aromatic rings. The lowest BCUT2D eigenvalue weighted by molar-refractivity contribution is -0.00490. The zero-order valence-electron chi connectivity index (χ0n) is 9.57. The van der Waals surface area contributed by atoms with E-state index in [2.05, 4.69) is 11.4 Å². The summed E-state index contributed by atoms with van der Waals surface area (Å²) < 4.78 is 24.4. The first-order chi connectivity index (χ1) is 8.18. The lowest BCUT2D eigenvalue weighted by atomic mass is 9.88. The summed E-state index contributed by atoms with van der Waals surface area (Å²) in [6, 6.07) is 8.15. The van der Waals surface area contributed by atoms with E-state index in [-0.39, 0.29) is 12.6 Å². The number of benzene rings is 1. The molecule has 0 saturated carbocycles. The molecule has 1 aliphatic rings. The summed E-state index contributed by atoms with van der Waals surface area (Å²) >= 11 is 0. The van der Waals surface area contributed by atoms with Gasteiger partial charge in [0.15, 0.2) is 0 Å². The fraction of sp³-hybridized carbons (Fsp3) is 0.538. The second-order valence-corrected chi connectivity index (χ2v) is 4.45. The van der Waals surface area contributed by atoms with Gasteiger partial charge >= 0.3 is 0 Å². The van der Waals surface area contributed by atoms with Gasteiger partial charge in [-0.05, 0) is 30.4 Å². The summed E-state index contributed by atoms with van der Waals surface area (Å²) in [5.74, 6) is 0. The van der Waals surface area contributed by atoms with E-state index < -0.39 is 12.5 Å². The van der Waals surface area contributed by atoms with E-state index in [1.807, 2.05) is 18.2 Å². The molecule has 1 aromatic carbocycles. The normalized spacial score (nSPS) is 21.3. The topological polar surface area (TPSA) is 32.3 Å². The molecule has 0 amide bonds. The Morgan fingerprint density at radius 3 is 2.88 bits per heavy atom. The highest BCUT2D eigenvalue weighted by Crippen LogP contribution is 2.29. The maximum absolute atomic E-state index is 12.2. The van der Waals surface area contributed by atoms with Crippen molar-refractivity contribution < 1.29 is 13.9 Å². The maximum atomic E-state index is 12.2. The molecule has 0 aliphatic heterocycles. The Labute approximate surface area is 99.7 Å². The molecule has 1 aliphatic carbocycles. The predicted molar refractivity (Wildman–Crippen MR) is 62.1 cm³/mol. The number of hydrogen-bond acceptors (Lipinski definition) is 2. The predicted octanol–water partition coefficient (Wildman–Crippen LogP) is 2.28. The smallest absolute Gasteiger partial charge is 0.265 e. The van der Waals surface area contributed by atoms with Gasteiger partial charge in [0.2, 0.25) is 0 Å². The van der Waals surface area contributed by atoms with Crippen LogP contribution in [-0.2, 0) is 6.42 Å². The number of halogens is 2. The number of aliphatic hydroxyl groups excluding tert-OH is 1. The number of fused-ring (bicyclic) bond motifs is 1. The van der Waals surface area contributed by atoms with Crippen LogP contribution in [0.4, 0.5) is 8.78 Å². The van der Waals surface area contributed by atoms with E-state index in [1.54, 1.807) is 0 Å². The molecule has 2 rings (SSSR count). The van der Waals surface area contributed by atoms with Gasteiger partial charge in [-0.1, -0.05) is 24.3 Å². The minimum absolute atomic E-state index is 0.0589. The van der Waals surface area contributed by atoms with Crippen molar-refractivity contribution in [1.29, 1.82) is 0 Å². The van der Waals surface area contributed by atoms with Crippen LogP contribution in [0.1, 0.15) is 30.0 Å². The number of hydrogen-bond donors (Lipinski definition) is 2. The largest absolute Gasteiger partial charge is 0.386 e. The lowest BCUT2D eigenvalue weighted by Gasteiger charge is -2.27. The Hall–Kier alpha value is -1.00. The van der Waals surface area contributed by atoms with Gasteiger partial charge in [0, 0.05) is 12.6 Å². The summed E-state index contributed by atoms with van der Waals surface area (Å²) in [5.41, 5.74) is 2.46. The van der Waals surface area contributed by atoms with Crippen LogP contribution in [0.5, 0.6) is 0 Å². The van der Waals surface area contributed by atoms with Crippen molar-refractivity contribution in [1.82, 2.24) is 5.32 Å². The molecule has 0 bridgehead atoms. The first kappa shape index (κ1) is 12.5. The molecular formula is C13H17F2NO. The molecule has 94 valence electrons. The minimum Gasteiger partial charge on any atom is -0.386 e. The van der Waals surface area contributed by atoms with Crippen LogP contribution in [0.2, 0.25) is 0 Å².